The maximum atomic E-state index is 12.5. The number of benzene rings is 2. The van der Waals surface area contributed by atoms with E-state index in [1.165, 1.54) is 18.2 Å². The van der Waals surface area contributed by atoms with Crippen molar-refractivity contribution in [1.82, 2.24) is 4.90 Å². The lowest BCUT2D eigenvalue weighted by atomic mass is 10.1. The van der Waals surface area contributed by atoms with Crippen LogP contribution in [-0.4, -0.2) is 27.1 Å². The molecule has 0 saturated carbocycles. The van der Waals surface area contributed by atoms with Crippen molar-refractivity contribution in [3.63, 3.8) is 0 Å². The van der Waals surface area contributed by atoms with Crippen molar-refractivity contribution in [2.45, 2.75) is 6.54 Å². The van der Waals surface area contributed by atoms with Crippen molar-refractivity contribution in [3.8, 4) is 0 Å². The highest BCUT2D eigenvalue weighted by Crippen LogP contribution is 2.34. The predicted molar refractivity (Wildman–Crippen MR) is 101 cm³/mol. The van der Waals surface area contributed by atoms with Crippen LogP contribution in [0.1, 0.15) is 21.5 Å². The van der Waals surface area contributed by atoms with E-state index in [1.54, 1.807) is 30.3 Å². The van der Waals surface area contributed by atoms with Gasteiger partial charge in [0.25, 0.3) is 11.1 Å². The summed E-state index contributed by atoms with van der Waals surface area (Å²) in [6.45, 7) is 0.0774. The van der Waals surface area contributed by atoms with Crippen LogP contribution in [-0.2, 0) is 11.3 Å². The molecule has 0 bridgehead atoms. The first-order chi connectivity index (χ1) is 12.3. The molecular weight excluding hydrogens is 397 g/mol. The quantitative estimate of drug-likeness (QED) is 0.727. The SMILES string of the molecule is O=C(O)c1cccc(C=C2SC(=O)N(Cc3ccc(Cl)c(Cl)c3)C2=O)c1. The van der Waals surface area contributed by atoms with Gasteiger partial charge in [0.05, 0.1) is 27.1 Å². The summed E-state index contributed by atoms with van der Waals surface area (Å²) >= 11 is 12.6. The molecule has 0 radical (unpaired) electrons. The van der Waals surface area contributed by atoms with Gasteiger partial charge in [-0.05, 0) is 53.2 Å². The number of imide groups is 1. The molecule has 2 aromatic carbocycles. The van der Waals surface area contributed by atoms with E-state index in [2.05, 4.69) is 0 Å². The number of rotatable bonds is 4. The zero-order chi connectivity index (χ0) is 18.8. The van der Waals surface area contributed by atoms with Gasteiger partial charge in [0.2, 0.25) is 0 Å². The summed E-state index contributed by atoms with van der Waals surface area (Å²) in [7, 11) is 0. The lowest BCUT2D eigenvalue weighted by Gasteiger charge is -2.12. The summed E-state index contributed by atoms with van der Waals surface area (Å²) in [6.07, 6.45) is 1.51. The summed E-state index contributed by atoms with van der Waals surface area (Å²) in [5.41, 5.74) is 1.31. The summed E-state index contributed by atoms with van der Waals surface area (Å²) in [5.74, 6) is -1.50. The van der Waals surface area contributed by atoms with Crippen LogP contribution in [0.4, 0.5) is 4.79 Å². The molecule has 0 unspecified atom stereocenters. The lowest BCUT2D eigenvalue weighted by Crippen LogP contribution is -2.27. The van der Waals surface area contributed by atoms with Crippen LogP contribution in [0.2, 0.25) is 10.0 Å². The van der Waals surface area contributed by atoms with Crippen molar-refractivity contribution < 1.29 is 19.5 Å². The molecule has 0 atom stereocenters. The average molecular weight is 408 g/mol. The molecule has 5 nitrogen and oxygen atoms in total. The molecule has 1 fully saturated rings. The fourth-order valence-corrected chi connectivity index (χ4v) is 3.53. The second-order valence-corrected chi connectivity index (χ2v) is 7.25. The van der Waals surface area contributed by atoms with Gasteiger partial charge < -0.3 is 5.11 Å². The lowest BCUT2D eigenvalue weighted by molar-refractivity contribution is -0.123. The Balaban J connectivity index is 1.83. The highest BCUT2D eigenvalue weighted by Gasteiger charge is 2.35. The van der Waals surface area contributed by atoms with Crippen LogP contribution < -0.4 is 0 Å². The normalized spacial score (nSPS) is 15.8. The number of thioether (sulfide) groups is 1. The molecule has 1 heterocycles. The number of nitrogens with zero attached hydrogens (tertiary/aromatic N) is 1. The second kappa shape index (κ2) is 7.53. The summed E-state index contributed by atoms with van der Waals surface area (Å²) < 4.78 is 0. The van der Waals surface area contributed by atoms with E-state index in [0.717, 1.165) is 16.7 Å². The summed E-state index contributed by atoms with van der Waals surface area (Å²) in [6, 6.07) is 11.0. The molecule has 1 aliphatic heterocycles. The molecule has 1 N–H and O–H groups in total. The molecule has 1 saturated heterocycles. The molecule has 0 aliphatic carbocycles. The zero-order valence-electron chi connectivity index (χ0n) is 13.1. The van der Waals surface area contributed by atoms with Crippen molar-refractivity contribution >= 4 is 58.2 Å². The third-order valence-electron chi connectivity index (χ3n) is 3.63. The highest BCUT2D eigenvalue weighted by atomic mass is 35.5. The molecule has 132 valence electrons. The number of hydrogen-bond acceptors (Lipinski definition) is 4. The van der Waals surface area contributed by atoms with Crippen molar-refractivity contribution in [2.24, 2.45) is 0 Å². The predicted octanol–water partition coefficient (Wildman–Crippen LogP) is 4.93. The van der Waals surface area contributed by atoms with Gasteiger partial charge in [0, 0.05) is 0 Å². The minimum absolute atomic E-state index is 0.0774. The zero-order valence-corrected chi connectivity index (χ0v) is 15.4. The van der Waals surface area contributed by atoms with Crippen LogP contribution >= 0.6 is 35.0 Å². The van der Waals surface area contributed by atoms with Crippen LogP contribution in [0.15, 0.2) is 47.4 Å². The van der Waals surface area contributed by atoms with Crippen molar-refractivity contribution in [3.05, 3.63) is 74.1 Å². The number of carboxylic acids is 1. The Hall–Kier alpha value is -2.28. The minimum atomic E-state index is -1.06. The van der Waals surface area contributed by atoms with E-state index in [1.807, 2.05) is 0 Å². The largest absolute Gasteiger partial charge is 0.478 e. The van der Waals surface area contributed by atoms with Gasteiger partial charge >= 0.3 is 5.97 Å². The van der Waals surface area contributed by atoms with Gasteiger partial charge in [-0.3, -0.25) is 14.5 Å². The highest BCUT2D eigenvalue weighted by molar-refractivity contribution is 8.18. The minimum Gasteiger partial charge on any atom is -0.478 e. The van der Waals surface area contributed by atoms with E-state index in [0.29, 0.717) is 21.2 Å². The first kappa shape index (κ1) is 18.5. The average Bonchev–Trinajstić information content (AvgIpc) is 2.86. The number of aromatic carboxylic acids is 1. The Morgan fingerprint density at radius 3 is 2.58 bits per heavy atom. The van der Waals surface area contributed by atoms with Gasteiger partial charge in [-0.1, -0.05) is 41.4 Å². The first-order valence-electron chi connectivity index (χ1n) is 7.38. The number of carbonyl (C=O) groups excluding carboxylic acids is 2. The smallest absolute Gasteiger partial charge is 0.335 e. The monoisotopic (exact) mass is 407 g/mol. The van der Waals surface area contributed by atoms with Crippen LogP contribution in [0.3, 0.4) is 0 Å². The van der Waals surface area contributed by atoms with Crippen molar-refractivity contribution in [2.75, 3.05) is 0 Å². The first-order valence-corrected chi connectivity index (χ1v) is 8.95. The number of carbonyl (C=O) groups is 3. The Morgan fingerprint density at radius 2 is 1.88 bits per heavy atom. The summed E-state index contributed by atoms with van der Waals surface area (Å²) in [5, 5.41) is 9.37. The number of hydrogen-bond donors (Lipinski definition) is 1. The van der Waals surface area contributed by atoms with E-state index >= 15 is 0 Å². The topological polar surface area (TPSA) is 74.7 Å². The molecule has 8 heteroatoms. The molecule has 0 aromatic heterocycles. The van der Waals surface area contributed by atoms with Gasteiger partial charge in [0.1, 0.15) is 0 Å². The molecular formula is C18H11Cl2NO4S. The van der Waals surface area contributed by atoms with E-state index in [9.17, 15) is 14.4 Å². The van der Waals surface area contributed by atoms with Crippen molar-refractivity contribution in [1.29, 1.82) is 0 Å². The van der Waals surface area contributed by atoms with E-state index in [4.69, 9.17) is 28.3 Å². The Bertz CT molecular complexity index is 958. The maximum absolute atomic E-state index is 12.5. The number of carboxylic acid groups (broad SMARTS) is 1. The van der Waals surface area contributed by atoms with Gasteiger partial charge in [-0.2, -0.15) is 0 Å². The van der Waals surface area contributed by atoms with Gasteiger partial charge in [0.15, 0.2) is 0 Å². The molecule has 26 heavy (non-hydrogen) atoms. The Kier molecular flexibility index (Phi) is 5.36. The van der Waals surface area contributed by atoms with E-state index in [-0.39, 0.29) is 17.0 Å². The standard InChI is InChI=1S/C18H11Cl2NO4S/c19-13-5-4-11(7-14(13)20)9-21-16(22)15(26-18(21)25)8-10-2-1-3-12(6-10)17(23)24/h1-8H,9H2,(H,23,24). The van der Waals surface area contributed by atoms with Crippen LogP contribution in [0.25, 0.3) is 6.08 Å². The van der Waals surface area contributed by atoms with Gasteiger partial charge in [-0.25, -0.2) is 4.79 Å². The number of halogens is 2. The van der Waals surface area contributed by atoms with Crippen LogP contribution in [0.5, 0.6) is 0 Å². The molecule has 1 aliphatic rings. The second-order valence-electron chi connectivity index (χ2n) is 5.45. The fourth-order valence-electron chi connectivity index (χ4n) is 2.37. The third kappa shape index (κ3) is 3.93. The number of amides is 2. The molecule has 2 amide bonds. The molecule has 2 aromatic rings. The van der Waals surface area contributed by atoms with E-state index < -0.39 is 17.1 Å². The third-order valence-corrected chi connectivity index (χ3v) is 5.28. The Labute approximate surface area is 163 Å². The van der Waals surface area contributed by atoms with Crippen LogP contribution in [0, 0.1) is 0 Å². The molecule has 0 spiro atoms. The van der Waals surface area contributed by atoms with Gasteiger partial charge in [-0.15, -0.1) is 0 Å². The fraction of sp³-hybridized carbons (Fsp3) is 0.0556. The Morgan fingerprint density at radius 1 is 1.12 bits per heavy atom. The summed E-state index contributed by atoms with van der Waals surface area (Å²) in [4.78, 5) is 37.1. The molecule has 3 rings (SSSR count). The maximum Gasteiger partial charge on any atom is 0.335 e.